The zero-order chi connectivity index (χ0) is 11.5. The van der Waals surface area contributed by atoms with Crippen molar-refractivity contribution in [2.45, 2.75) is 13.3 Å². The van der Waals surface area contributed by atoms with Gasteiger partial charge in [0.15, 0.2) is 0 Å². The van der Waals surface area contributed by atoms with Crippen molar-refractivity contribution in [3.05, 3.63) is 41.7 Å². The van der Waals surface area contributed by atoms with Gasteiger partial charge in [0.05, 0.1) is 0 Å². The molecule has 0 aliphatic heterocycles. The van der Waals surface area contributed by atoms with Crippen molar-refractivity contribution in [2.75, 3.05) is 0 Å². The maximum Gasteiger partial charge on any atom is 0.311 e. The van der Waals surface area contributed by atoms with E-state index in [1.54, 1.807) is 6.07 Å². The lowest BCUT2D eigenvalue weighted by atomic mass is 10.1. The van der Waals surface area contributed by atoms with Crippen LogP contribution >= 0.6 is 0 Å². The Hall–Kier alpha value is -2.10. The number of hydrogen-bond donors (Lipinski definition) is 1. The molecule has 0 amide bonds. The third-order valence-electron chi connectivity index (χ3n) is 2.31. The quantitative estimate of drug-likeness (QED) is 0.856. The molecule has 1 aromatic heterocycles. The second kappa shape index (κ2) is 4.18. The molecule has 0 radical (unpaired) electrons. The van der Waals surface area contributed by atoms with Gasteiger partial charge < -0.3 is 9.63 Å². The van der Waals surface area contributed by atoms with E-state index in [1.807, 2.05) is 31.2 Å². The zero-order valence-electron chi connectivity index (χ0n) is 8.80. The van der Waals surface area contributed by atoms with Crippen LogP contribution in [0.25, 0.3) is 11.3 Å². The molecule has 0 fully saturated rings. The first-order valence-corrected chi connectivity index (χ1v) is 4.90. The number of aryl methyl sites for hydroxylation is 1. The minimum absolute atomic E-state index is 0.140. The Balaban J connectivity index is 2.32. The molecule has 0 unspecified atom stereocenters. The van der Waals surface area contributed by atoms with E-state index in [4.69, 9.17) is 9.63 Å². The number of aromatic nitrogens is 1. The van der Waals surface area contributed by atoms with Gasteiger partial charge in [-0.2, -0.15) is 0 Å². The average Bonchev–Trinajstić information content (AvgIpc) is 2.66. The summed E-state index contributed by atoms with van der Waals surface area (Å²) in [5, 5.41) is 12.5. The summed E-state index contributed by atoms with van der Waals surface area (Å²) in [6.45, 7) is 1.97. The number of hydrogen-bond acceptors (Lipinski definition) is 3. The second-order valence-electron chi connectivity index (χ2n) is 3.56. The Morgan fingerprint density at radius 2 is 2.19 bits per heavy atom. The molecule has 1 aromatic carbocycles. The van der Waals surface area contributed by atoms with E-state index >= 15 is 0 Å². The first-order valence-electron chi connectivity index (χ1n) is 4.90. The lowest BCUT2D eigenvalue weighted by Gasteiger charge is -1.98. The number of carboxylic acid groups (broad SMARTS) is 1. The summed E-state index contributed by atoms with van der Waals surface area (Å²) in [6, 6.07) is 9.42. The normalized spacial score (nSPS) is 10.3. The largest absolute Gasteiger partial charge is 0.481 e. The van der Waals surface area contributed by atoms with Crippen LogP contribution in [0.15, 0.2) is 34.9 Å². The number of benzene rings is 1. The third kappa shape index (κ3) is 2.11. The summed E-state index contributed by atoms with van der Waals surface area (Å²) in [5.41, 5.74) is 2.72. The molecule has 0 saturated heterocycles. The molecule has 1 heterocycles. The predicted molar refractivity (Wildman–Crippen MR) is 58.0 cm³/mol. The van der Waals surface area contributed by atoms with Crippen LogP contribution in [0.3, 0.4) is 0 Å². The molecular formula is C12H11NO3. The van der Waals surface area contributed by atoms with E-state index in [2.05, 4.69) is 5.16 Å². The van der Waals surface area contributed by atoms with E-state index in [1.165, 1.54) is 0 Å². The first-order chi connectivity index (χ1) is 7.66. The zero-order valence-corrected chi connectivity index (χ0v) is 8.80. The molecule has 4 nitrogen and oxygen atoms in total. The van der Waals surface area contributed by atoms with E-state index in [0.29, 0.717) is 11.5 Å². The van der Waals surface area contributed by atoms with Crippen LogP contribution < -0.4 is 0 Å². The van der Waals surface area contributed by atoms with Crippen molar-refractivity contribution in [2.24, 2.45) is 0 Å². The van der Waals surface area contributed by atoms with Crippen molar-refractivity contribution < 1.29 is 14.4 Å². The van der Waals surface area contributed by atoms with Gasteiger partial charge in [-0.05, 0) is 12.5 Å². The molecule has 2 rings (SSSR count). The molecule has 0 aliphatic carbocycles. The molecule has 0 spiro atoms. The van der Waals surface area contributed by atoms with Gasteiger partial charge in [0.25, 0.3) is 0 Å². The highest BCUT2D eigenvalue weighted by Crippen LogP contribution is 2.22. The number of rotatable bonds is 3. The molecule has 82 valence electrons. The standard InChI is InChI=1S/C12H11NO3/c1-8-4-2-3-5-10(8)11-6-9(16-13-11)7-12(14)15/h2-6H,7H2,1H3,(H,14,15). The summed E-state index contributed by atoms with van der Waals surface area (Å²) >= 11 is 0. The fraction of sp³-hybridized carbons (Fsp3) is 0.167. The Morgan fingerprint density at radius 1 is 1.44 bits per heavy atom. The van der Waals surface area contributed by atoms with Crippen molar-refractivity contribution in [3.8, 4) is 11.3 Å². The number of carboxylic acids is 1. The van der Waals surface area contributed by atoms with Crippen LogP contribution in [0, 0.1) is 6.92 Å². The Morgan fingerprint density at radius 3 is 2.88 bits per heavy atom. The number of carbonyl (C=O) groups is 1. The van der Waals surface area contributed by atoms with Crippen molar-refractivity contribution >= 4 is 5.97 Å². The molecule has 0 saturated carbocycles. The summed E-state index contributed by atoms with van der Waals surface area (Å²) in [6.07, 6.45) is -0.140. The Labute approximate surface area is 92.5 Å². The smallest absolute Gasteiger partial charge is 0.311 e. The van der Waals surface area contributed by atoms with Gasteiger partial charge in [0.1, 0.15) is 17.9 Å². The maximum absolute atomic E-state index is 10.5. The van der Waals surface area contributed by atoms with Gasteiger partial charge in [-0.15, -0.1) is 0 Å². The van der Waals surface area contributed by atoms with Gasteiger partial charge in [0.2, 0.25) is 0 Å². The van der Waals surface area contributed by atoms with E-state index in [-0.39, 0.29) is 6.42 Å². The monoisotopic (exact) mass is 217 g/mol. The maximum atomic E-state index is 10.5. The van der Waals surface area contributed by atoms with E-state index < -0.39 is 5.97 Å². The SMILES string of the molecule is Cc1ccccc1-c1cc(CC(=O)O)on1. The van der Waals surface area contributed by atoms with Gasteiger partial charge in [0, 0.05) is 11.6 Å². The minimum atomic E-state index is -0.924. The van der Waals surface area contributed by atoms with Crippen LogP contribution in [0.5, 0.6) is 0 Å². The molecule has 4 heteroatoms. The molecule has 2 aromatic rings. The van der Waals surface area contributed by atoms with Crippen LogP contribution in [-0.4, -0.2) is 16.2 Å². The van der Waals surface area contributed by atoms with Gasteiger partial charge >= 0.3 is 5.97 Å². The van der Waals surface area contributed by atoms with Gasteiger partial charge in [-0.1, -0.05) is 29.4 Å². The van der Waals surface area contributed by atoms with E-state index in [9.17, 15) is 4.79 Å². The topological polar surface area (TPSA) is 63.3 Å². The first kappa shape index (κ1) is 10.4. The van der Waals surface area contributed by atoms with Gasteiger partial charge in [-0.25, -0.2) is 0 Å². The Bertz CT molecular complexity index is 516. The van der Waals surface area contributed by atoms with Crippen molar-refractivity contribution in [1.82, 2.24) is 5.16 Å². The van der Waals surface area contributed by atoms with Crippen molar-refractivity contribution in [3.63, 3.8) is 0 Å². The second-order valence-corrected chi connectivity index (χ2v) is 3.56. The summed E-state index contributed by atoms with van der Waals surface area (Å²) < 4.78 is 4.95. The fourth-order valence-corrected chi connectivity index (χ4v) is 1.53. The summed E-state index contributed by atoms with van der Waals surface area (Å²) in [7, 11) is 0. The fourth-order valence-electron chi connectivity index (χ4n) is 1.53. The highest BCUT2D eigenvalue weighted by molar-refractivity contribution is 5.70. The highest BCUT2D eigenvalue weighted by Gasteiger charge is 2.10. The summed E-state index contributed by atoms with van der Waals surface area (Å²) in [4.78, 5) is 10.5. The van der Waals surface area contributed by atoms with Crippen LogP contribution in [0.1, 0.15) is 11.3 Å². The molecule has 1 N–H and O–H groups in total. The lowest BCUT2D eigenvalue weighted by Crippen LogP contribution is -1.97. The van der Waals surface area contributed by atoms with Crippen molar-refractivity contribution in [1.29, 1.82) is 0 Å². The third-order valence-corrected chi connectivity index (χ3v) is 2.31. The number of aliphatic carboxylic acids is 1. The molecule has 0 bridgehead atoms. The minimum Gasteiger partial charge on any atom is -0.481 e. The number of nitrogens with zero attached hydrogens (tertiary/aromatic N) is 1. The molecular weight excluding hydrogens is 206 g/mol. The predicted octanol–water partition coefficient (Wildman–Crippen LogP) is 2.28. The Kier molecular flexibility index (Phi) is 2.72. The average molecular weight is 217 g/mol. The van der Waals surface area contributed by atoms with Crippen LogP contribution in [-0.2, 0) is 11.2 Å². The van der Waals surface area contributed by atoms with Crippen LogP contribution in [0.4, 0.5) is 0 Å². The van der Waals surface area contributed by atoms with E-state index in [0.717, 1.165) is 11.1 Å². The molecule has 0 atom stereocenters. The molecule has 0 aliphatic rings. The lowest BCUT2D eigenvalue weighted by molar-refractivity contribution is -0.136. The van der Waals surface area contributed by atoms with Gasteiger partial charge in [-0.3, -0.25) is 4.79 Å². The van der Waals surface area contributed by atoms with Crippen LogP contribution in [0.2, 0.25) is 0 Å². The molecule has 16 heavy (non-hydrogen) atoms. The highest BCUT2D eigenvalue weighted by atomic mass is 16.5. The summed E-state index contributed by atoms with van der Waals surface area (Å²) in [5.74, 6) is -0.557.